The van der Waals surface area contributed by atoms with Crippen LogP contribution in [-0.2, 0) is 21.3 Å². The Bertz CT molecular complexity index is 1010. The molecular formula is C17H20BrN3O6S. The van der Waals surface area contributed by atoms with Crippen molar-refractivity contribution in [2.24, 2.45) is 0 Å². The lowest BCUT2D eigenvalue weighted by Gasteiger charge is -2.24. The summed E-state index contributed by atoms with van der Waals surface area (Å²) >= 11 is 3.19. The third-order valence-electron chi connectivity index (χ3n) is 3.51. The molecule has 1 aromatic carbocycles. The van der Waals surface area contributed by atoms with Crippen LogP contribution in [0.5, 0.6) is 0 Å². The molecule has 2 rings (SSSR count). The lowest BCUT2D eigenvalue weighted by molar-refractivity contribution is -0.385. The summed E-state index contributed by atoms with van der Waals surface area (Å²) in [7, 11) is -2.52. The Labute approximate surface area is 171 Å². The molecule has 0 radical (unpaired) electrons. The molecule has 0 aliphatic rings. The standard InChI is InChI=1S/C17H20BrN3O6S/c1-17(2,3)27-16(22)19(4)10-12-8-15(18)20(11-12)28(25,26)14-7-5-6-13(9-14)21(23)24/h5-9,11H,10H2,1-4H3. The van der Waals surface area contributed by atoms with Gasteiger partial charge >= 0.3 is 6.09 Å². The number of hydrogen-bond donors (Lipinski definition) is 0. The summed E-state index contributed by atoms with van der Waals surface area (Å²) in [6.07, 6.45) is 0.803. The van der Waals surface area contributed by atoms with Gasteiger partial charge in [0.2, 0.25) is 0 Å². The van der Waals surface area contributed by atoms with Crippen molar-refractivity contribution >= 4 is 37.7 Å². The number of aromatic nitrogens is 1. The van der Waals surface area contributed by atoms with E-state index < -0.39 is 26.6 Å². The molecule has 0 aliphatic heterocycles. The first-order valence-electron chi connectivity index (χ1n) is 8.12. The molecule has 0 saturated carbocycles. The Kier molecular flexibility index (Phi) is 6.19. The highest BCUT2D eigenvalue weighted by molar-refractivity contribution is 9.10. The number of hydrogen-bond acceptors (Lipinski definition) is 6. The predicted molar refractivity (Wildman–Crippen MR) is 106 cm³/mol. The van der Waals surface area contributed by atoms with Gasteiger partial charge < -0.3 is 9.64 Å². The molecule has 0 unspecified atom stereocenters. The van der Waals surface area contributed by atoms with Crippen LogP contribution in [0.4, 0.5) is 10.5 Å². The molecule has 0 bridgehead atoms. The van der Waals surface area contributed by atoms with E-state index in [1.807, 2.05) is 0 Å². The van der Waals surface area contributed by atoms with Crippen LogP contribution < -0.4 is 0 Å². The van der Waals surface area contributed by atoms with Gasteiger partial charge in [-0.25, -0.2) is 17.2 Å². The highest BCUT2D eigenvalue weighted by Crippen LogP contribution is 2.25. The van der Waals surface area contributed by atoms with E-state index in [4.69, 9.17) is 4.74 Å². The number of rotatable bonds is 5. The van der Waals surface area contributed by atoms with Crippen molar-refractivity contribution in [3.05, 3.63) is 56.8 Å². The monoisotopic (exact) mass is 473 g/mol. The van der Waals surface area contributed by atoms with Crippen molar-refractivity contribution in [3.8, 4) is 0 Å². The van der Waals surface area contributed by atoms with Crippen LogP contribution in [0.3, 0.4) is 0 Å². The number of ether oxygens (including phenoxy) is 1. The molecule has 11 heteroatoms. The van der Waals surface area contributed by atoms with Crippen LogP contribution in [-0.4, -0.2) is 41.0 Å². The molecule has 9 nitrogen and oxygen atoms in total. The van der Waals surface area contributed by atoms with Crippen LogP contribution >= 0.6 is 15.9 Å². The first-order valence-corrected chi connectivity index (χ1v) is 10.4. The Morgan fingerprint density at radius 2 is 1.96 bits per heavy atom. The van der Waals surface area contributed by atoms with Gasteiger partial charge in [0.05, 0.1) is 16.4 Å². The molecule has 2 aromatic rings. The van der Waals surface area contributed by atoms with Gasteiger partial charge in [0.15, 0.2) is 0 Å². The molecule has 0 N–H and O–H groups in total. The summed E-state index contributed by atoms with van der Waals surface area (Å²) in [5.74, 6) is 0. The molecular weight excluding hydrogens is 454 g/mol. The molecule has 1 amide bonds. The Hall–Kier alpha value is -2.40. The Balaban J connectivity index is 2.29. The van der Waals surface area contributed by atoms with E-state index in [-0.39, 0.29) is 21.7 Å². The van der Waals surface area contributed by atoms with Crippen molar-refractivity contribution < 1.29 is 22.9 Å². The van der Waals surface area contributed by atoms with E-state index in [1.165, 1.54) is 36.3 Å². The second-order valence-electron chi connectivity index (χ2n) is 7.06. The van der Waals surface area contributed by atoms with Crippen molar-refractivity contribution in [1.29, 1.82) is 0 Å². The summed E-state index contributed by atoms with van der Waals surface area (Å²) < 4.78 is 32.2. The maximum Gasteiger partial charge on any atom is 0.410 e. The number of carbonyl (C=O) groups is 1. The number of carbonyl (C=O) groups excluding carboxylic acids is 1. The number of nitro groups is 1. The minimum atomic E-state index is -4.06. The summed E-state index contributed by atoms with van der Waals surface area (Å²) in [6, 6.07) is 6.34. The van der Waals surface area contributed by atoms with E-state index in [0.29, 0.717) is 5.56 Å². The minimum Gasteiger partial charge on any atom is -0.444 e. The van der Waals surface area contributed by atoms with Gasteiger partial charge in [-0.05, 0) is 54.4 Å². The van der Waals surface area contributed by atoms with Crippen LogP contribution in [0.15, 0.2) is 46.0 Å². The maximum absolute atomic E-state index is 12.9. The molecule has 152 valence electrons. The average Bonchev–Trinajstić information content (AvgIpc) is 2.94. The normalized spacial score (nSPS) is 11.9. The van der Waals surface area contributed by atoms with Crippen molar-refractivity contribution in [3.63, 3.8) is 0 Å². The number of benzene rings is 1. The average molecular weight is 474 g/mol. The van der Waals surface area contributed by atoms with Gasteiger partial charge in [0.25, 0.3) is 15.7 Å². The van der Waals surface area contributed by atoms with Crippen LogP contribution in [0.2, 0.25) is 0 Å². The van der Waals surface area contributed by atoms with Crippen LogP contribution in [0.1, 0.15) is 26.3 Å². The Morgan fingerprint density at radius 1 is 1.32 bits per heavy atom. The number of nitro benzene ring substituents is 1. The number of nitrogens with zero attached hydrogens (tertiary/aromatic N) is 3. The Morgan fingerprint density at radius 3 is 2.54 bits per heavy atom. The van der Waals surface area contributed by atoms with E-state index in [9.17, 15) is 23.3 Å². The van der Waals surface area contributed by atoms with Crippen molar-refractivity contribution in [2.45, 2.75) is 37.8 Å². The van der Waals surface area contributed by atoms with Crippen LogP contribution in [0, 0.1) is 10.1 Å². The first kappa shape index (κ1) is 21.9. The summed E-state index contributed by atoms with van der Waals surface area (Å²) in [4.78, 5) is 23.4. The van der Waals surface area contributed by atoms with E-state index in [2.05, 4.69) is 15.9 Å². The van der Waals surface area contributed by atoms with E-state index >= 15 is 0 Å². The zero-order valence-electron chi connectivity index (χ0n) is 15.7. The van der Waals surface area contributed by atoms with Crippen molar-refractivity contribution in [2.75, 3.05) is 7.05 Å². The molecule has 0 spiro atoms. The predicted octanol–water partition coefficient (Wildman–Crippen LogP) is 3.76. The van der Waals surface area contributed by atoms with Gasteiger partial charge in [0, 0.05) is 25.4 Å². The van der Waals surface area contributed by atoms with Crippen LogP contribution in [0.25, 0.3) is 0 Å². The largest absolute Gasteiger partial charge is 0.444 e. The van der Waals surface area contributed by atoms with Gasteiger partial charge in [-0.15, -0.1) is 0 Å². The lowest BCUT2D eigenvalue weighted by Crippen LogP contribution is -2.33. The van der Waals surface area contributed by atoms with Gasteiger partial charge in [-0.2, -0.15) is 0 Å². The molecule has 0 saturated heterocycles. The molecule has 28 heavy (non-hydrogen) atoms. The van der Waals surface area contributed by atoms with Crippen molar-refractivity contribution in [1.82, 2.24) is 8.87 Å². The lowest BCUT2D eigenvalue weighted by atomic mass is 10.2. The first-order chi connectivity index (χ1) is 12.8. The highest BCUT2D eigenvalue weighted by atomic mass is 79.9. The summed E-state index contributed by atoms with van der Waals surface area (Å²) in [5.41, 5.74) is -0.438. The summed E-state index contributed by atoms with van der Waals surface area (Å²) in [5, 5.41) is 10.9. The summed E-state index contributed by atoms with van der Waals surface area (Å²) in [6.45, 7) is 5.36. The SMILES string of the molecule is CN(Cc1cc(Br)n(S(=O)(=O)c2cccc([N+](=O)[O-])c2)c1)C(=O)OC(C)(C)C. The zero-order valence-corrected chi connectivity index (χ0v) is 18.2. The van der Waals surface area contributed by atoms with Gasteiger partial charge in [0.1, 0.15) is 10.2 Å². The minimum absolute atomic E-state index is 0.116. The third kappa shape index (κ3) is 5.10. The smallest absolute Gasteiger partial charge is 0.410 e. The third-order valence-corrected chi connectivity index (χ3v) is 6.02. The second-order valence-corrected chi connectivity index (χ2v) is 9.69. The van der Waals surface area contributed by atoms with Gasteiger partial charge in [-0.3, -0.25) is 10.1 Å². The fraction of sp³-hybridized carbons (Fsp3) is 0.353. The molecule has 0 fully saturated rings. The topological polar surface area (TPSA) is 112 Å². The molecule has 0 aliphatic carbocycles. The number of non-ortho nitro benzene ring substituents is 1. The number of amides is 1. The molecule has 0 atom stereocenters. The second kappa shape index (κ2) is 7.92. The fourth-order valence-electron chi connectivity index (χ4n) is 2.29. The maximum atomic E-state index is 12.9. The van der Waals surface area contributed by atoms with Gasteiger partial charge in [-0.1, -0.05) is 6.07 Å². The molecule has 1 aromatic heterocycles. The van der Waals surface area contributed by atoms with E-state index in [1.54, 1.807) is 26.8 Å². The fourth-order valence-corrected chi connectivity index (χ4v) is 4.56. The highest BCUT2D eigenvalue weighted by Gasteiger charge is 2.24. The quantitative estimate of drug-likeness (QED) is 0.482. The molecule has 1 heterocycles. The van der Waals surface area contributed by atoms with E-state index in [0.717, 1.165) is 10.0 Å². The zero-order chi connectivity index (χ0) is 21.3. The number of halogens is 1.